The van der Waals surface area contributed by atoms with Crippen LogP contribution >= 0.6 is 0 Å². The summed E-state index contributed by atoms with van der Waals surface area (Å²) in [5.74, 6) is -0.806. The van der Waals surface area contributed by atoms with Gasteiger partial charge in [-0.3, -0.25) is 14.5 Å². The van der Waals surface area contributed by atoms with Crippen molar-refractivity contribution < 1.29 is 31.1 Å². The van der Waals surface area contributed by atoms with Crippen LogP contribution < -0.4 is 5.32 Å². The lowest BCUT2D eigenvalue weighted by molar-refractivity contribution is -0.139. The molecule has 0 bridgehead atoms. The lowest BCUT2D eigenvalue weighted by atomic mass is 9.97. The molecule has 2 heterocycles. The second-order valence-corrected chi connectivity index (χ2v) is 6.33. The zero-order valence-corrected chi connectivity index (χ0v) is 15.3. The number of nitrogens with zero attached hydrogens (tertiary/aromatic N) is 3. The summed E-state index contributed by atoms with van der Waals surface area (Å²) in [4.78, 5) is 16.3. The molecule has 0 aliphatic heterocycles. The average Bonchev–Trinajstić information content (AvgIpc) is 3.11. The molecule has 30 heavy (non-hydrogen) atoms. The predicted octanol–water partition coefficient (Wildman–Crippen LogP) is 4.37. The maximum absolute atomic E-state index is 13.5. The fourth-order valence-electron chi connectivity index (χ4n) is 2.80. The highest BCUT2D eigenvalue weighted by molar-refractivity contribution is 5.92. The van der Waals surface area contributed by atoms with Gasteiger partial charge in [0.2, 0.25) is 0 Å². The zero-order valence-electron chi connectivity index (χ0n) is 15.3. The van der Waals surface area contributed by atoms with Gasteiger partial charge in [0.1, 0.15) is 5.69 Å². The first kappa shape index (κ1) is 21.3. The molecule has 3 rings (SSSR count). The van der Waals surface area contributed by atoms with Crippen LogP contribution in [-0.4, -0.2) is 20.7 Å². The van der Waals surface area contributed by atoms with E-state index in [1.54, 1.807) is 7.05 Å². The number of rotatable bonds is 4. The van der Waals surface area contributed by atoms with E-state index in [1.165, 1.54) is 16.9 Å². The number of carbonyl (C=O) groups excluding carboxylic acids is 1. The maximum atomic E-state index is 13.5. The molecule has 158 valence electrons. The number of nitrogens with one attached hydrogen (secondary N) is 1. The topological polar surface area (TPSA) is 59.8 Å². The zero-order chi connectivity index (χ0) is 22.1. The van der Waals surface area contributed by atoms with Crippen LogP contribution in [0.5, 0.6) is 0 Å². The number of aromatic nitrogens is 3. The summed E-state index contributed by atoms with van der Waals surface area (Å²) in [6.45, 7) is 0. The molecule has 11 heteroatoms. The molecule has 0 radical (unpaired) electrons. The summed E-state index contributed by atoms with van der Waals surface area (Å²) in [5.41, 5.74) is -2.71. The Morgan fingerprint density at radius 3 is 2.20 bits per heavy atom. The van der Waals surface area contributed by atoms with Crippen molar-refractivity contribution in [3.05, 3.63) is 82.9 Å². The van der Waals surface area contributed by atoms with Gasteiger partial charge in [-0.2, -0.15) is 31.4 Å². The first-order valence-electron chi connectivity index (χ1n) is 8.46. The minimum Gasteiger partial charge on any atom is -0.338 e. The summed E-state index contributed by atoms with van der Waals surface area (Å²) in [6, 6.07) is 5.21. The third-order valence-electron chi connectivity index (χ3n) is 4.21. The van der Waals surface area contributed by atoms with Crippen molar-refractivity contribution in [2.45, 2.75) is 18.4 Å². The van der Waals surface area contributed by atoms with Crippen molar-refractivity contribution in [3.63, 3.8) is 0 Å². The highest BCUT2D eigenvalue weighted by Crippen LogP contribution is 2.36. The van der Waals surface area contributed by atoms with E-state index >= 15 is 0 Å². The van der Waals surface area contributed by atoms with E-state index in [4.69, 9.17) is 0 Å². The van der Waals surface area contributed by atoms with Crippen LogP contribution in [0.4, 0.5) is 26.3 Å². The number of carbonyl (C=O) groups is 1. The van der Waals surface area contributed by atoms with Crippen molar-refractivity contribution in [1.29, 1.82) is 0 Å². The van der Waals surface area contributed by atoms with Crippen LogP contribution in [0.3, 0.4) is 0 Å². The molecule has 2 aromatic heterocycles. The van der Waals surface area contributed by atoms with Gasteiger partial charge in [-0.1, -0.05) is 12.1 Å². The van der Waals surface area contributed by atoms with E-state index in [9.17, 15) is 31.1 Å². The van der Waals surface area contributed by atoms with E-state index in [-0.39, 0.29) is 11.3 Å². The first-order valence-corrected chi connectivity index (χ1v) is 8.46. The lowest BCUT2D eigenvalue weighted by Crippen LogP contribution is -2.32. The monoisotopic (exact) mass is 428 g/mol. The van der Waals surface area contributed by atoms with Crippen LogP contribution in [0.15, 0.2) is 54.9 Å². The first-order chi connectivity index (χ1) is 14.0. The summed E-state index contributed by atoms with van der Waals surface area (Å²) in [6.07, 6.45) is -6.84. The van der Waals surface area contributed by atoms with Crippen LogP contribution in [0, 0.1) is 0 Å². The van der Waals surface area contributed by atoms with Crippen molar-refractivity contribution in [1.82, 2.24) is 20.1 Å². The number of alkyl halides is 6. The van der Waals surface area contributed by atoms with Crippen LogP contribution in [0.2, 0.25) is 0 Å². The van der Waals surface area contributed by atoms with Crippen LogP contribution in [0.1, 0.15) is 38.9 Å². The fourth-order valence-corrected chi connectivity index (χ4v) is 2.80. The van der Waals surface area contributed by atoms with Crippen LogP contribution in [-0.2, 0) is 19.4 Å². The van der Waals surface area contributed by atoms with Gasteiger partial charge in [-0.25, -0.2) is 0 Å². The van der Waals surface area contributed by atoms with Gasteiger partial charge in [-0.15, -0.1) is 0 Å². The normalized spacial score (nSPS) is 13.2. The molecule has 0 aliphatic carbocycles. The second kappa shape index (κ2) is 7.81. The summed E-state index contributed by atoms with van der Waals surface area (Å²) < 4.78 is 80.4. The van der Waals surface area contributed by atoms with E-state index in [1.807, 2.05) is 0 Å². The van der Waals surface area contributed by atoms with Crippen molar-refractivity contribution in [3.8, 4) is 0 Å². The average molecular weight is 428 g/mol. The molecule has 1 N–H and O–H groups in total. The third kappa shape index (κ3) is 4.61. The molecule has 3 aromatic rings. The minimum atomic E-state index is -4.79. The molecule has 1 aromatic carbocycles. The molecule has 0 spiro atoms. The van der Waals surface area contributed by atoms with Gasteiger partial charge in [0, 0.05) is 19.4 Å². The number of hydrogen-bond acceptors (Lipinski definition) is 3. The Hall–Kier alpha value is -3.37. The number of pyridine rings is 1. The summed E-state index contributed by atoms with van der Waals surface area (Å²) in [7, 11) is 1.55. The Bertz CT molecular complexity index is 1040. The Labute approximate surface area is 166 Å². The van der Waals surface area contributed by atoms with E-state index < -0.39 is 41.1 Å². The molecule has 5 nitrogen and oxygen atoms in total. The van der Waals surface area contributed by atoms with Gasteiger partial charge >= 0.3 is 12.4 Å². The molecule has 1 unspecified atom stereocenters. The number of hydrogen-bond donors (Lipinski definition) is 1. The maximum Gasteiger partial charge on any atom is 0.418 e. The predicted molar refractivity (Wildman–Crippen MR) is 93.2 cm³/mol. The molecular weight excluding hydrogens is 414 g/mol. The lowest BCUT2D eigenvalue weighted by Gasteiger charge is -2.22. The number of aryl methyl sites for hydroxylation is 1. The quantitative estimate of drug-likeness (QED) is 0.628. The van der Waals surface area contributed by atoms with Crippen molar-refractivity contribution >= 4 is 5.91 Å². The van der Waals surface area contributed by atoms with Crippen molar-refractivity contribution in [2.75, 3.05) is 0 Å². The van der Waals surface area contributed by atoms with E-state index in [0.717, 1.165) is 42.6 Å². The second-order valence-electron chi connectivity index (χ2n) is 6.33. The number of halogens is 6. The Morgan fingerprint density at radius 1 is 1.00 bits per heavy atom. The van der Waals surface area contributed by atoms with Gasteiger partial charge in [0.25, 0.3) is 5.91 Å². The smallest absolute Gasteiger partial charge is 0.338 e. The molecule has 0 saturated carbocycles. The van der Waals surface area contributed by atoms with E-state index in [2.05, 4.69) is 15.4 Å². The van der Waals surface area contributed by atoms with Gasteiger partial charge in [0.05, 0.1) is 22.9 Å². The minimum absolute atomic E-state index is 0.00326. The standard InChI is InChI=1S/C19H14F6N4O/c1-29-10-8-14(28-29)17(30)27-15(11-4-6-12(7-5-11)18(20,21)22)16-13(19(23,24)25)3-2-9-26-16/h2-10,15H,1H3,(H,27,30). The molecule has 0 fully saturated rings. The largest absolute Gasteiger partial charge is 0.418 e. The molecule has 1 amide bonds. The Balaban J connectivity index is 2.07. The van der Waals surface area contributed by atoms with Crippen molar-refractivity contribution in [2.24, 2.45) is 7.05 Å². The fraction of sp³-hybridized carbons (Fsp3) is 0.211. The summed E-state index contributed by atoms with van der Waals surface area (Å²) in [5, 5.41) is 6.27. The highest BCUT2D eigenvalue weighted by atomic mass is 19.4. The number of benzene rings is 1. The number of amides is 1. The molecule has 0 aliphatic rings. The van der Waals surface area contributed by atoms with Gasteiger partial charge in [-0.05, 0) is 35.9 Å². The van der Waals surface area contributed by atoms with Gasteiger partial charge in [0.15, 0.2) is 0 Å². The molecular formula is C19H14F6N4O. The third-order valence-corrected chi connectivity index (χ3v) is 4.21. The Kier molecular flexibility index (Phi) is 5.55. The SMILES string of the molecule is Cn1ccc(C(=O)NC(c2ccc(C(F)(F)F)cc2)c2ncccc2C(F)(F)F)n1. The van der Waals surface area contributed by atoms with Crippen LogP contribution in [0.25, 0.3) is 0 Å². The summed E-state index contributed by atoms with van der Waals surface area (Å²) >= 11 is 0. The van der Waals surface area contributed by atoms with Gasteiger partial charge < -0.3 is 5.32 Å². The molecule has 1 atom stereocenters. The molecule has 0 saturated heterocycles. The Morgan fingerprint density at radius 2 is 1.67 bits per heavy atom. The highest BCUT2D eigenvalue weighted by Gasteiger charge is 2.37. The van der Waals surface area contributed by atoms with E-state index in [0.29, 0.717) is 0 Å².